The van der Waals surface area contributed by atoms with Crippen molar-refractivity contribution < 1.29 is 9.59 Å². The number of nitrogens with one attached hydrogen (secondary N) is 2. The molecule has 0 aromatic heterocycles. The molecule has 1 aliphatic heterocycles. The Kier molecular flexibility index (Phi) is 3.78. The summed E-state index contributed by atoms with van der Waals surface area (Å²) in [4.78, 5) is 23.7. The maximum atomic E-state index is 12.1. The first kappa shape index (κ1) is 15.1. The van der Waals surface area contributed by atoms with Gasteiger partial charge >= 0.3 is 0 Å². The predicted molar refractivity (Wildman–Crippen MR) is 89.6 cm³/mol. The number of rotatable bonds is 3. The Morgan fingerprint density at radius 2 is 1.87 bits per heavy atom. The molecule has 1 heterocycles. The third-order valence-electron chi connectivity index (χ3n) is 4.07. The summed E-state index contributed by atoms with van der Waals surface area (Å²) in [6.45, 7) is 4.37. The van der Waals surface area contributed by atoms with Crippen LogP contribution in [-0.4, -0.2) is 18.4 Å². The van der Waals surface area contributed by atoms with Crippen LogP contribution in [0.1, 0.15) is 43.4 Å². The second-order valence-electron chi connectivity index (χ2n) is 5.91. The van der Waals surface area contributed by atoms with E-state index in [-0.39, 0.29) is 11.9 Å². The van der Waals surface area contributed by atoms with Crippen LogP contribution in [0.4, 0.5) is 5.69 Å². The molecule has 0 aliphatic carbocycles. The van der Waals surface area contributed by atoms with Crippen LogP contribution in [0.15, 0.2) is 36.4 Å². The van der Waals surface area contributed by atoms with Crippen LogP contribution >= 0.6 is 0 Å². The van der Waals surface area contributed by atoms with Crippen molar-refractivity contribution in [3.05, 3.63) is 64.2 Å². The van der Waals surface area contributed by atoms with Gasteiger partial charge in [0.25, 0.3) is 11.8 Å². The number of aryl methyl sites for hydroxylation is 2. The first-order valence-electron chi connectivity index (χ1n) is 7.51. The monoisotopic (exact) mass is 309 g/mol. The summed E-state index contributed by atoms with van der Waals surface area (Å²) in [5.74, 6) is -0.544. The fourth-order valence-electron chi connectivity index (χ4n) is 2.88. The van der Waals surface area contributed by atoms with Gasteiger partial charge in [-0.15, -0.1) is 0 Å². The number of benzene rings is 2. The minimum Gasteiger partial charge on any atom is -0.376 e. The maximum Gasteiger partial charge on any atom is 0.251 e. The number of carbonyl (C=O) groups excluding carboxylic acids is 2. The Morgan fingerprint density at radius 1 is 1.17 bits per heavy atom. The maximum absolute atomic E-state index is 12.1. The number of nitrogens with two attached hydrogens (primary N) is 1. The van der Waals surface area contributed by atoms with Gasteiger partial charge in [-0.2, -0.15) is 0 Å². The summed E-state index contributed by atoms with van der Waals surface area (Å²) in [5.41, 5.74) is 10.2. The third kappa shape index (κ3) is 2.90. The van der Waals surface area contributed by atoms with E-state index in [1.165, 1.54) is 0 Å². The molecule has 1 unspecified atom stereocenters. The van der Waals surface area contributed by atoms with Crippen molar-refractivity contribution in [1.82, 2.24) is 5.32 Å². The average Bonchev–Trinajstić information content (AvgIpc) is 2.50. The van der Waals surface area contributed by atoms with Crippen molar-refractivity contribution in [2.45, 2.75) is 19.9 Å². The van der Waals surface area contributed by atoms with Crippen molar-refractivity contribution in [3.8, 4) is 0 Å². The van der Waals surface area contributed by atoms with Crippen molar-refractivity contribution in [2.24, 2.45) is 5.73 Å². The molecule has 2 amide bonds. The lowest BCUT2D eigenvalue weighted by atomic mass is 9.94. The topological polar surface area (TPSA) is 84.2 Å². The van der Waals surface area contributed by atoms with E-state index in [1.54, 1.807) is 6.07 Å². The molecule has 0 saturated carbocycles. The Bertz CT molecular complexity index is 799. The molecule has 4 N–H and O–H groups in total. The second-order valence-corrected chi connectivity index (χ2v) is 5.91. The zero-order valence-electron chi connectivity index (χ0n) is 13.1. The normalized spacial score (nSPS) is 16.4. The van der Waals surface area contributed by atoms with Crippen LogP contribution in [0.2, 0.25) is 0 Å². The summed E-state index contributed by atoms with van der Waals surface area (Å²) in [6.07, 6.45) is 0. The smallest absolute Gasteiger partial charge is 0.251 e. The number of hydrogen-bond acceptors (Lipinski definition) is 3. The van der Waals surface area contributed by atoms with Gasteiger partial charge in [0.1, 0.15) is 0 Å². The average molecular weight is 309 g/mol. The molecule has 0 saturated heterocycles. The molecule has 1 aliphatic rings. The highest BCUT2D eigenvalue weighted by Gasteiger charge is 2.26. The van der Waals surface area contributed by atoms with Gasteiger partial charge in [0, 0.05) is 17.8 Å². The first-order valence-corrected chi connectivity index (χ1v) is 7.51. The summed E-state index contributed by atoms with van der Waals surface area (Å²) >= 11 is 0. The molecular formula is C18H19N3O2. The fraction of sp³-hybridized carbons (Fsp3) is 0.222. The molecule has 3 rings (SSSR count). The molecule has 5 heteroatoms. The second kappa shape index (κ2) is 5.76. The Hall–Kier alpha value is -2.82. The molecule has 2 aromatic carbocycles. The van der Waals surface area contributed by atoms with Crippen molar-refractivity contribution in [3.63, 3.8) is 0 Å². The molecular weight excluding hydrogens is 290 g/mol. The molecule has 2 aromatic rings. The third-order valence-corrected chi connectivity index (χ3v) is 4.07. The Morgan fingerprint density at radius 3 is 2.61 bits per heavy atom. The zero-order valence-corrected chi connectivity index (χ0v) is 13.1. The van der Waals surface area contributed by atoms with Gasteiger partial charge in [0.15, 0.2) is 0 Å². The highest BCUT2D eigenvalue weighted by Crippen LogP contribution is 2.28. The van der Waals surface area contributed by atoms with E-state index < -0.39 is 5.91 Å². The van der Waals surface area contributed by atoms with E-state index in [0.29, 0.717) is 23.4 Å². The number of carbonyl (C=O) groups is 2. The van der Waals surface area contributed by atoms with E-state index in [4.69, 9.17) is 5.73 Å². The van der Waals surface area contributed by atoms with Crippen molar-refractivity contribution in [1.29, 1.82) is 0 Å². The van der Waals surface area contributed by atoms with E-state index in [2.05, 4.69) is 10.6 Å². The van der Waals surface area contributed by atoms with Crippen LogP contribution in [-0.2, 0) is 0 Å². The summed E-state index contributed by atoms with van der Waals surface area (Å²) in [5, 5.41) is 6.23. The molecule has 23 heavy (non-hydrogen) atoms. The molecule has 0 fully saturated rings. The van der Waals surface area contributed by atoms with Gasteiger partial charge in [-0.1, -0.05) is 23.8 Å². The van der Waals surface area contributed by atoms with Crippen LogP contribution in [0.5, 0.6) is 0 Å². The van der Waals surface area contributed by atoms with E-state index in [0.717, 1.165) is 16.7 Å². The Balaban J connectivity index is 1.99. The Labute approximate surface area is 134 Å². The van der Waals surface area contributed by atoms with Crippen molar-refractivity contribution in [2.75, 3.05) is 11.9 Å². The SMILES string of the molecule is Cc1ccc(C(N)=O)c(NC2CNC(=O)c3cc(C)ccc32)c1. The van der Waals surface area contributed by atoms with Crippen molar-refractivity contribution >= 4 is 17.5 Å². The first-order chi connectivity index (χ1) is 11.0. The summed E-state index contributed by atoms with van der Waals surface area (Å²) < 4.78 is 0. The van der Waals surface area contributed by atoms with E-state index >= 15 is 0 Å². The van der Waals surface area contributed by atoms with Gasteiger partial charge in [0.05, 0.1) is 11.6 Å². The van der Waals surface area contributed by atoms with Crippen LogP contribution in [0.3, 0.4) is 0 Å². The highest BCUT2D eigenvalue weighted by molar-refractivity contribution is 5.99. The van der Waals surface area contributed by atoms with Gasteiger partial charge in [0.2, 0.25) is 0 Å². The van der Waals surface area contributed by atoms with Gasteiger partial charge < -0.3 is 16.4 Å². The number of fused-ring (bicyclic) bond motifs is 1. The van der Waals surface area contributed by atoms with Gasteiger partial charge in [-0.3, -0.25) is 9.59 Å². The number of primary amides is 1. The van der Waals surface area contributed by atoms with E-state index in [1.807, 2.05) is 44.2 Å². The zero-order chi connectivity index (χ0) is 16.6. The lowest BCUT2D eigenvalue weighted by Crippen LogP contribution is -2.38. The standard InChI is InChI=1S/C18H19N3O2/c1-10-3-5-12-14(7-10)18(23)20-9-16(12)21-15-8-11(2)4-6-13(15)17(19)22/h3-8,16,21H,9H2,1-2H3,(H2,19,22)(H,20,23). The highest BCUT2D eigenvalue weighted by atomic mass is 16.2. The van der Waals surface area contributed by atoms with Gasteiger partial charge in [-0.25, -0.2) is 0 Å². The largest absolute Gasteiger partial charge is 0.376 e. The fourth-order valence-corrected chi connectivity index (χ4v) is 2.88. The molecule has 1 atom stereocenters. The number of amides is 2. The molecule has 0 radical (unpaired) electrons. The number of anilines is 1. The molecule has 118 valence electrons. The minimum atomic E-state index is -0.475. The number of hydrogen-bond donors (Lipinski definition) is 3. The van der Waals surface area contributed by atoms with Crippen LogP contribution in [0.25, 0.3) is 0 Å². The predicted octanol–water partition coefficient (Wildman–Crippen LogP) is 2.30. The molecule has 0 bridgehead atoms. The minimum absolute atomic E-state index is 0.0684. The van der Waals surface area contributed by atoms with Crippen LogP contribution < -0.4 is 16.4 Å². The lowest BCUT2D eigenvalue weighted by molar-refractivity contribution is 0.0940. The van der Waals surface area contributed by atoms with Crippen LogP contribution in [0, 0.1) is 13.8 Å². The molecule has 0 spiro atoms. The summed E-state index contributed by atoms with van der Waals surface area (Å²) in [7, 11) is 0. The quantitative estimate of drug-likeness (QED) is 0.813. The lowest BCUT2D eigenvalue weighted by Gasteiger charge is -2.28. The van der Waals surface area contributed by atoms with Gasteiger partial charge in [-0.05, 0) is 43.2 Å². The summed E-state index contributed by atoms with van der Waals surface area (Å²) in [6, 6.07) is 11.2. The molecule has 5 nitrogen and oxygen atoms in total. The van der Waals surface area contributed by atoms with E-state index in [9.17, 15) is 9.59 Å².